The summed E-state index contributed by atoms with van der Waals surface area (Å²) in [5.74, 6) is 1.36. The predicted molar refractivity (Wildman–Crippen MR) is 305 cm³/mol. The third kappa shape index (κ3) is 11.8. The van der Waals surface area contributed by atoms with E-state index in [-0.39, 0.29) is 35.6 Å². The lowest BCUT2D eigenvalue weighted by molar-refractivity contribution is -0.134. The minimum Gasteiger partial charge on any atom is -0.490 e. The highest BCUT2D eigenvalue weighted by molar-refractivity contribution is 7.22. The van der Waals surface area contributed by atoms with E-state index in [1.54, 1.807) is 4.68 Å². The molecule has 2 saturated heterocycles. The van der Waals surface area contributed by atoms with Crippen LogP contribution in [0.1, 0.15) is 141 Å². The highest BCUT2D eigenvalue weighted by atomic mass is 32.1. The number of amides is 3. The van der Waals surface area contributed by atoms with Gasteiger partial charge < -0.3 is 24.0 Å². The minimum absolute atomic E-state index is 0.126. The Morgan fingerprint density at radius 2 is 1.60 bits per heavy atom. The molecule has 4 aromatic carbocycles. The number of nitrogens with one attached hydrogen (secondary N) is 2. The number of imide groups is 1. The Bertz CT molecular complexity index is 3350. The van der Waals surface area contributed by atoms with Gasteiger partial charge in [-0.1, -0.05) is 60.6 Å². The number of esters is 1. The molecule has 1 aliphatic carbocycles. The molecule has 78 heavy (non-hydrogen) atoms. The van der Waals surface area contributed by atoms with Crippen LogP contribution in [0.15, 0.2) is 91.0 Å². The number of para-hydroxylation sites is 1. The normalized spacial score (nSPS) is 19.4. The number of hydrogen-bond donors (Lipinski definition) is 2. The van der Waals surface area contributed by atoms with Crippen LogP contribution in [-0.2, 0) is 34.3 Å². The summed E-state index contributed by atoms with van der Waals surface area (Å²) in [5.41, 5.74) is 7.16. The average molecular weight is 1070 g/mol. The van der Waals surface area contributed by atoms with Crippen molar-refractivity contribution in [3.63, 3.8) is 0 Å². The van der Waals surface area contributed by atoms with Gasteiger partial charge in [0.2, 0.25) is 11.8 Å². The number of aryl methyl sites for hydroxylation is 1. The number of benzene rings is 4. The van der Waals surface area contributed by atoms with Crippen LogP contribution in [0.25, 0.3) is 32.2 Å². The fraction of sp³-hybridized carbons (Fsp3) is 0.435. The van der Waals surface area contributed by atoms with Gasteiger partial charge in [-0.3, -0.25) is 29.7 Å². The van der Waals surface area contributed by atoms with Crippen molar-refractivity contribution in [1.82, 2.24) is 30.0 Å². The predicted octanol–water partition coefficient (Wildman–Crippen LogP) is 11.5. The smallest absolute Gasteiger partial charge is 0.358 e. The van der Waals surface area contributed by atoms with Gasteiger partial charge in [0.15, 0.2) is 10.8 Å². The van der Waals surface area contributed by atoms with Gasteiger partial charge in [0, 0.05) is 62.2 Å². The van der Waals surface area contributed by atoms with Crippen molar-refractivity contribution in [3.05, 3.63) is 125 Å². The molecule has 4 aliphatic rings. The minimum atomic E-state index is -0.731. The Kier molecular flexibility index (Phi) is 15.4. The molecular weight excluding hydrogens is 1000 g/mol. The number of pyridine rings is 1. The van der Waals surface area contributed by atoms with E-state index in [2.05, 4.69) is 43.5 Å². The first-order valence-corrected chi connectivity index (χ1v) is 28.7. The Balaban J connectivity index is 0.663. The number of aromatic nitrogens is 4. The molecule has 406 valence electrons. The van der Waals surface area contributed by atoms with Crippen LogP contribution in [0.4, 0.5) is 10.9 Å². The van der Waals surface area contributed by atoms with Gasteiger partial charge in [-0.2, -0.15) is 5.10 Å². The number of rotatable bonds is 15. The van der Waals surface area contributed by atoms with E-state index in [1.165, 1.54) is 30.6 Å². The number of likely N-dealkylation sites (tertiary alicyclic amines) is 1. The van der Waals surface area contributed by atoms with Crippen molar-refractivity contribution in [2.24, 2.45) is 13.0 Å². The molecule has 1 saturated carbocycles. The maximum Gasteiger partial charge on any atom is 0.358 e. The number of carbonyl (C=O) groups excluding carboxylic acids is 4. The second-order valence-corrected chi connectivity index (χ2v) is 23.7. The fourth-order valence-corrected chi connectivity index (χ4v) is 12.8. The fourth-order valence-electron chi connectivity index (χ4n) is 11.9. The number of unbranched alkanes of at least 4 members (excludes halogenated alkanes) is 1. The maximum absolute atomic E-state index is 14.1. The van der Waals surface area contributed by atoms with Gasteiger partial charge in [0.1, 0.15) is 29.0 Å². The van der Waals surface area contributed by atoms with E-state index in [0.29, 0.717) is 59.6 Å². The number of piperidine rings is 2. The van der Waals surface area contributed by atoms with Gasteiger partial charge in [-0.05, 0) is 169 Å². The number of carbonyl (C=O) groups is 4. The third-order valence-corrected chi connectivity index (χ3v) is 17.0. The largest absolute Gasteiger partial charge is 0.490 e. The number of hydrogen-bond acceptors (Lipinski definition) is 13. The Morgan fingerprint density at radius 1 is 0.808 bits per heavy atom. The van der Waals surface area contributed by atoms with E-state index in [1.807, 2.05) is 113 Å². The van der Waals surface area contributed by atoms with Gasteiger partial charge in [0.05, 0.1) is 33.4 Å². The maximum atomic E-state index is 14.1. The first-order valence-electron chi connectivity index (χ1n) is 27.9. The standard InChI is InChI=1S/C62H70N8O7S/c1-38-44(45-25-27-54(64-57(45)60(74)77-62(2,3)4)70-35-29-40-13-10-15-46(49(40)37-70)58(72)66-61-63-50-16-6-7-18-53(50)78-61)14-11-17-52(38)76-41-21-19-39(20-22-41)12-8-9-32-69-33-30-42(31-34-69)75-43-23-24-47-51(36-43)68(5)67-56(47)48-26-28-55(71)65-59(48)73/h6-7,10-11,13-18,23-25,27,36,39,41-42,48H,8-9,12,19-22,26,28-35,37H2,1-5H3,(H,63,66,72)(H,65,71,73). The van der Waals surface area contributed by atoms with Gasteiger partial charge in [-0.15, -0.1) is 0 Å². The molecular formula is C62H70N8O7S. The molecule has 16 heteroatoms. The first-order chi connectivity index (χ1) is 37.7. The molecule has 11 rings (SSSR count). The lowest BCUT2D eigenvalue weighted by Gasteiger charge is -2.32. The number of nitrogens with zero attached hydrogens (tertiary/aromatic N) is 6. The SMILES string of the molecule is Cc1c(OC2CCC(CCCCN3CCC(Oc4ccc5c(C6CCC(=O)NC6=O)nn(C)c5c4)CC3)CC2)cccc1-c1ccc(N2CCc3cccc(C(=O)Nc4nc5ccccc5s4)c3C2)nc1C(=O)OC(C)(C)C. The molecule has 3 fully saturated rings. The zero-order chi connectivity index (χ0) is 54.1. The summed E-state index contributed by atoms with van der Waals surface area (Å²) in [6.07, 6.45) is 11.8. The average Bonchev–Trinajstić information content (AvgIpc) is 4.17. The topological polar surface area (TPSA) is 170 Å². The van der Waals surface area contributed by atoms with E-state index in [4.69, 9.17) is 19.2 Å². The molecule has 1 unspecified atom stereocenters. The summed E-state index contributed by atoms with van der Waals surface area (Å²) in [7, 11) is 1.89. The summed E-state index contributed by atoms with van der Waals surface area (Å²) in [6, 6.07) is 29.7. The van der Waals surface area contributed by atoms with Crippen LogP contribution in [0.3, 0.4) is 0 Å². The molecule has 3 aliphatic heterocycles. The molecule has 7 aromatic rings. The molecule has 15 nitrogen and oxygen atoms in total. The molecule has 3 aromatic heterocycles. The summed E-state index contributed by atoms with van der Waals surface area (Å²) in [5, 5.41) is 11.7. The van der Waals surface area contributed by atoms with Crippen molar-refractivity contribution in [2.45, 2.75) is 135 Å². The van der Waals surface area contributed by atoms with Gasteiger partial charge >= 0.3 is 5.97 Å². The number of fused-ring (bicyclic) bond motifs is 3. The summed E-state index contributed by atoms with van der Waals surface area (Å²) in [4.78, 5) is 66.7. The second kappa shape index (κ2) is 22.7. The van der Waals surface area contributed by atoms with Crippen LogP contribution >= 0.6 is 11.3 Å². The Labute approximate surface area is 460 Å². The van der Waals surface area contributed by atoms with E-state index in [9.17, 15) is 19.2 Å². The van der Waals surface area contributed by atoms with Gasteiger partial charge in [0.25, 0.3) is 5.91 Å². The van der Waals surface area contributed by atoms with Crippen LogP contribution in [-0.4, -0.2) is 92.3 Å². The number of ether oxygens (including phenoxy) is 3. The quantitative estimate of drug-likeness (QED) is 0.0567. The molecule has 0 bridgehead atoms. The summed E-state index contributed by atoms with van der Waals surface area (Å²) in [6.45, 7) is 11.9. The van der Waals surface area contributed by atoms with Crippen molar-refractivity contribution in [1.29, 1.82) is 0 Å². The summed E-state index contributed by atoms with van der Waals surface area (Å²) >= 11 is 1.45. The highest BCUT2D eigenvalue weighted by Gasteiger charge is 2.33. The number of thiazole rings is 1. The zero-order valence-corrected chi connectivity index (χ0v) is 46.3. The molecule has 2 N–H and O–H groups in total. The molecule has 1 atom stereocenters. The number of anilines is 2. The van der Waals surface area contributed by atoms with Crippen LogP contribution in [0.5, 0.6) is 11.5 Å². The Morgan fingerprint density at radius 3 is 2.40 bits per heavy atom. The molecule has 6 heterocycles. The lowest BCUT2D eigenvalue weighted by atomic mass is 9.84. The van der Waals surface area contributed by atoms with Crippen LogP contribution in [0.2, 0.25) is 0 Å². The van der Waals surface area contributed by atoms with Crippen molar-refractivity contribution in [2.75, 3.05) is 36.4 Å². The lowest BCUT2D eigenvalue weighted by Crippen LogP contribution is -2.39. The molecule has 0 radical (unpaired) electrons. The molecule has 3 amide bonds. The van der Waals surface area contributed by atoms with E-state index in [0.717, 1.165) is 119 Å². The highest BCUT2D eigenvalue weighted by Crippen LogP contribution is 2.39. The van der Waals surface area contributed by atoms with Crippen LogP contribution in [0, 0.1) is 12.8 Å². The van der Waals surface area contributed by atoms with Crippen molar-refractivity contribution >= 4 is 67.1 Å². The molecule has 0 spiro atoms. The second-order valence-electron chi connectivity index (χ2n) is 22.7. The van der Waals surface area contributed by atoms with E-state index >= 15 is 0 Å². The van der Waals surface area contributed by atoms with Gasteiger partial charge in [-0.25, -0.2) is 14.8 Å². The van der Waals surface area contributed by atoms with Crippen molar-refractivity contribution in [3.8, 4) is 22.6 Å². The Hall–Kier alpha value is -7.17. The summed E-state index contributed by atoms with van der Waals surface area (Å²) < 4.78 is 22.1. The van der Waals surface area contributed by atoms with E-state index < -0.39 is 17.5 Å². The van der Waals surface area contributed by atoms with Crippen molar-refractivity contribution < 1.29 is 33.4 Å². The zero-order valence-electron chi connectivity index (χ0n) is 45.4. The first kappa shape index (κ1) is 52.9. The third-order valence-electron chi connectivity index (χ3n) is 16.1. The van der Waals surface area contributed by atoms with Crippen LogP contribution < -0.4 is 25.0 Å². The monoisotopic (exact) mass is 1070 g/mol.